The summed E-state index contributed by atoms with van der Waals surface area (Å²) in [6.07, 6.45) is 4.13. The van der Waals surface area contributed by atoms with Gasteiger partial charge in [0.05, 0.1) is 11.2 Å². The maximum atomic E-state index is 10.7. The highest BCUT2D eigenvalue weighted by molar-refractivity contribution is 6.32. The topological polar surface area (TPSA) is 68.7 Å². The molecule has 0 bridgehead atoms. The number of hydrogen-bond donors (Lipinski definition) is 1. The molecule has 0 radical (unpaired) electrons. The van der Waals surface area contributed by atoms with Gasteiger partial charge in [-0.15, -0.1) is 0 Å². The lowest BCUT2D eigenvalue weighted by Crippen LogP contribution is -1.97. The Kier molecular flexibility index (Phi) is 6.52. The fourth-order valence-corrected chi connectivity index (χ4v) is 2.93. The number of carboxylic acid groups (broad SMARTS) is 1. The van der Waals surface area contributed by atoms with Gasteiger partial charge in [-0.3, -0.25) is 0 Å². The molecule has 0 amide bonds. The van der Waals surface area contributed by atoms with Crippen LogP contribution in [0, 0.1) is 13.8 Å². The van der Waals surface area contributed by atoms with Crippen LogP contribution in [0.15, 0.2) is 60.8 Å². The van der Waals surface area contributed by atoms with Gasteiger partial charge in [-0.05, 0) is 54.8 Å². The number of halogens is 1. The van der Waals surface area contributed by atoms with Crippen LogP contribution in [0.5, 0.6) is 17.4 Å². The fourth-order valence-electron chi connectivity index (χ4n) is 2.62. The number of ether oxygens (including phenoxy) is 2. The van der Waals surface area contributed by atoms with Crippen LogP contribution in [-0.4, -0.2) is 16.1 Å². The molecule has 0 saturated heterocycles. The average molecular weight is 410 g/mol. The fraction of sp³-hybridized carbons (Fsp3) is 0.130. The van der Waals surface area contributed by atoms with E-state index in [1.807, 2.05) is 38.1 Å². The summed E-state index contributed by atoms with van der Waals surface area (Å²) in [5.41, 5.74) is 3.73. The Bertz CT molecular complexity index is 1000. The lowest BCUT2D eigenvalue weighted by atomic mass is 10.1. The Morgan fingerprint density at radius 3 is 2.52 bits per heavy atom. The summed E-state index contributed by atoms with van der Waals surface area (Å²) in [4.78, 5) is 14.9. The smallest absolute Gasteiger partial charge is 0.328 e. The molecule has 5 nitrogen and oxygen atoms in total. The van der Waals surface area contributed by atoms with E-state index in [1.54, 1.807) is 30.5 Å². The molecule has 0 saturated carbocycles. The number of rotatable bonds is 7. The summed E-state index contributed by atoms with van der Waals surface area (Å²) in [7, 11) is 0. The van der Waals surface area contributed by atoms with Crippen molar-refractivity contribution in [3.8, 4) is 17.4 Å². The van der Waals surface area contributed by atoms with E-state index < -0.39 is 5.97 Å². The van der Waals surface area contributed by atoms with Crippen LogP contribution in [0.4, 0.5) is 0 Å². The second-order valence-corrected chi connectivity index (χ2v) is 6.94. The van der Waals surface area contributed by atoms with Crippen molar-refractivity contribution in [1.82, 2.24) is 4.98 Å². The van der Waals surface area contributed by atoms with Gasteiger partial charge in [-0.25, -0.2) is 9.78 Å². The van der Waals surface area contributed by atoms with E-state index in [-0.39, 0.29) is 0 Å². The molecule has 0 aliphatic rings. The number of aliphatic carboxylic acids is 1. The third-order valence-corrected chi connectivity index (χ3v) is 4.39. The van der Waals surface area contributed by atoms with Gasteiger partial charge < -0.3 is 14.6 Å². The quantitative estimate of drug-likeness (QED) is 0.498. The van der Waals surface area contributed by atoms with Crippen LogP contribution in [0.25, 0.3) is 6.08 Å². The van der Waals surface area contributed by atoms with Crippen molar-refractivity contribution in [1.29, 1.82) is 0 Å². The van der Waals surface area contributed by atoms with Gasteiger partial charge in [-0.1, -0.05) is 41.4 Å². The Morgan fingerprint density at radius 2 is 1.90 bits per heavy atom. The summed E-state index contributed by atoms with van der Waals surface area (Å²) in [5.74, 6) is 0.467. The number of carbonyl (C=O) groups is 1. The van der Waals surface area contributed by atoms with Crippen molar-refractivity contribution in [2.24, 2.45) is 0 Å². The van der Waals surface area contributed by atoms with Gasteiger partial charge in [0.1, 0.15) is 12.4 Å². The molecular formula is C23H20ClNO4. The molecule has 1 heterocycles. The second-order valence-electron chi connectivity index (χ2n) is 6.53. The highest BCUT2D eigenvalue weighted by atomic mass is 35.5. The van der Waals surface area contributed by atoms with Crippen molar-refractivity contribution < 1.29 is 19.4 Å². The minimum absolute atomic E-state index is 0.372. The number of hydrogen-bond acceptors (Lipinski definition) is 4. The Labute approximate surface area is 174 Å². The Balaban J connectivity index is 1.66. The van der Waals surface area contributed by atoms with Crippen LogP contribution in [0.3, 0.4) is 0 Å². The zero-order valence-corrected chi connectivity index (χ0v) is 16.8. The number of aromatic nitrogens is 1. The molecule has 0 spiro atoms. The predicted molar refractivity (Wildman–Crippen MR) is 113 cm³/mol. The van der Waals surface area contributed by atoms with E-state index >= 15 is 0 Å². The highest BCUT2D eigenvalue weighted by Gasteiger charge is 2.10. The molecule has 1 aromatic heterocycles. The average Bonchev–Trinajstić information content (AvgIpc) is 2.69. The predicted octanol–water partition coefficient (Wildman–Crippen LogP) is 5.82. The van der Waals surface area contributed by atoms with Crippen molar-refractivity contribution in [2.75, 3.05) is 0 Å². The van der Waals surface area contributed by atoms with E-state index in [0.29, 0.717) is 34.6 Å². The van der Waals surface area contributed by atoms with Crippen LogP contribution < -0.4 is 9.47 Å². The summed E-state index contributed by atoms with van der Waals surface area (Å²) in [5, 5.41) is 9.11. The van der Waals surface area contributed by atoms with Crippen molar-refractivity contribution >= 4 is 23.6 Å². The first-order valence-electron chi connectivity index (χ1n) is 8.94. The molecule has 1 N–H and O–H groups in total. The molecule has 0 aliphatic carbocycles. The van der Waals surface area contributed by atoms with Gasteiger partial charge >= 0.3 is 5.97 Å². The molecule has 3 aromatic rings. The van der Waals surface area contributed by atoms with Gasteiger partial charge in [0, 0.05) is 12.1 Å². The van der Waals surface area contributed by atoms with Crippen LogP contribution in [0.2, 0.25) is 5.02 Å². The third kappa shape index (κ3) is 5.83. The maximum absolute atomic E-state index is 10.7. The lowest BCUT2D eigenvalue weighted by Gasteiger charge is -2.12. The van der Waals surface area contributed by atoms with Crippen LogP contribution in [-0.2, 0) is 11.4 Å². The third-order valence-electron chi connectivity index (χ3n) is 4.11. The molecule has 0 unspecified atom stereocenters. The molecule has 148 valence electrons. The largest absolute Gasteiger partial charge is 0.487 e. The normalized spacial score (nSPS) is 10.9. The number of carboxylic acids is 1. The zero-order chi connectivity index (χ0) is 20.8. The minimum atomic E-state index is -1.02. The summed E-state index contributed by atoms with van der Waals surface area (Å²) in [6, 6.07) is 15.1. The summed E-state index contributed by atoms with van der Waals surface area (Å²) >= 11 is 6.30. The first kappa shape index (κ1) is 20.4. The van der Waals surface area contributed by atoms with E-state index in [1.165, 1.54) is 11.6 Å². The van der Waals surface area contributed by atoms with Crippen molar-refractivity contribution in [2.45, 2.75) is 20.5 Å². The first-order chi connectivity index (χ1) is 13.9. The Morgan fingerprint density at radius 1 is 1.14 bits per heavy atom. The number of pyridine rings is 1. The molecule has 2 aromatic carbocycles. The number of aryl methyl sites for hydroxylation is 2. The molecule has 0 fully saturated rings. The van der Waals surface area contributed by atoms with E-state index in [9.17, 15) is 4.79 Å². The Hall–Kier alpha value is -3.31. The molecular weight excluding hydrogens is 390 g/mol. The van der Waals surface area contributed by atoms with Gasteiger partial charge in [-0.2, -0.15) is 0 Å². The second kappa shape index (κ2) is 9.26. The maximum Gasteiger partial charge on any atom is 0.328 e. The molecule has 6 heteroatoms. The van der Waals surface area contributed by atoms with Crippen molar-refractivity contribution in [3.63, 3.8) is 0 Å². The van der Waals surface area contributed by atoms with Gasteiger partial charge in [0.2, 0.25) is 5.88 Å². The molecule has 0 atom stereocenters. The number of nitrogens with zero attached hydrogens (tertiary/aromatic N) is 1. The van der Waals surface area contributed by atoms with Gasteiger partial charge in [0.25, 0.3) is 0 Å². The summed E-state index contributed by atoms with van der Waals surface area (Å²) < 4.78 is 11.6. The van der Waals surface area contributed by atoms with Crippen molar-refractivity contribution in [3.05, 3.63) is 88.1 Å². The van der Waals surface area contributed by atoms with E-state index in [0.717, 1.165) is 17.2 Å². The van der Waals surface area contributed by atoms with Gasteiger partial charge in [0.15, 0.2) is 5.75 Å². The van der Waals surface area contributed by atoms with Crippen LogP contribution in [0.1, 0.15) is 22.3 Å². The lowest BCUT2D eigenvalue weighted by molar-refractivity contribution is -0.131. The monoisotopic (exact) mass is 409 g/mol. The standard InChI is InChI=1S/C23H20ClNO4/c1-15-3-5-17(6-4-15)14-28-19-8-9-21(25-13-19)29-23-16(2)11-18(12-20(23)24)7-10-22(26)27/h3-13H,14H2,1-2H3,(H,26,27). The number of benzene rings is 2. The molecule has 3 rings (SSSR count). The highest BCUT2D eigenvalue weighted by Crippen LogP contribution is 2.34. The SMILES string of the molecule is Cc1ccc(COc2ccc(Oc3c(C)cc(C=CC(=O)O)cc3Cl)nc2)cc1. The van der Waals surface area contributed by atoms with E-state index in [4.69, 9.17) is 26.2 Å². The molecule has 29 heavy (non-hydrogen) atoms. The molecule has 0 aliphatic heterocycles. The summed E-state index contributed by atoms with van der Waals surface area (Å²) in [6.45, 7) is 4.33. The minimum Gasteiger partial charge on any atom is -0.487 e. The first-order valence-corrected chi connectivity index (χ1v) is 9.32. The zero-order valence-electron chi connectivity index (χ0n) is 16.1. The van der Waals surface area contributed by atoms with E-state index in [2.05, 4.69) is 4.98 Å². The van der Waals surface area contributed by atoms with Crippen LogP contribution >= 0.6 is 11.6 Å².